The zero-order valence-electron chi connectivity index (χ0n) is 9.07. The van der Waals surface area contributed by atoms with Crippen molar-refractivity contribution < 1.29 is 30.0 Å². The quantitative estimate of drug-likeness (QED) is 0.402. The zero-order valence-corrected chi connectivity index (χ0v) is 9.07. The highest BCUT2D eigenvalue weighted by molar-refractivity contribution is 6.16. The molecule has 0 amide bonds. The van der Waals surface area contributed by atoms with Crippen molar-refractivity contribution in [2.75, 3.05) is 0 Å². The van der Waals surface area contributed by atoms with E-state index in [4.69, 9.17) is 20.4 Å². The van der Waals surface area contributed by atoms with Gasteiger partial charge in [-0.1, -0.05) is 6.07 Å². The molecule has 0 fully saturated rings. The number of ketones is 2. The number of phenols is 3. The molecule has 1 aromatic rings. The number of aromatic hydroxyl groups is 3. The maximum absolute atomic E-state index is 10.4. The lowest BCUT2D eigenvalue weighted by Gasteiger charge is -1.96. The summed E-state index contributed by atoms with van der Waals surface area (Å²) in [5.74, 6) is -2.45. The van der Waals surface area contributed by atoms with Crippen LogP contribution in [0.25, 0.3) is 0 Å². The lowest BCUT2D eigenvalue weighted by atomic mass is 10.1. The molecule has 0 atom stereocenters. The molecule has 0 saturated heterocycles. The average molecular weight is 250 g/mol. The third kappa shape index (κ3) is 3.38. The minimum absolute atomic E-state index is 0.310. The number of carbonyl (C=O) groups excluding carboxylic acids is 2. The standard InChI is InChI=1S/C6H4O3.C6H6O3/c7-4-1-2-5(8)6(9)3-4;7-4-2-1-3-5(8)6(4)9/h1-3,9H;1-3,7-9H. The Bertz CT molecular complexity index is 521. The van der Waals surface area contributed by atoms with E-state index in [1.807, 2.05) is 0 Å². The number of aliphatic hydroxyl groups is 1. The second-order valence-electron chi connectivity index (χ2n) is 3.27. The summed E-state index contributed by atoms with van der Waals surface area (Å²) in [6.07, 6.45) is 3.04. The first-order chi connectivity index (χ1) is 8.41. The molecule has 6 nitrogen and oxygen atoms in total. The van der Waals surface area contributed by atoms with Crippen molar-refractivity contribution >= 4 is 11.6 Å². The smallest absolute Gasteiger partial charge is 0.220 e. The van der Waals surface area contributed by atoms with E-state index in [1.165, 1.54) is 18.2 Å². The molecule has 0 unspecified atom stereocenters. The van der Waals surface area contributed by atoms with E-state index in [-0.39, 0.29) is 17.3 Å². The van der Waals surface area contributed by atoms with Crippen LogP contribution in [0.1, 0.15) is 0 Å². The number of para-hydroxylation sites is 1. The molecular weight excluding hydrogens is 240 g/mol. The first-order valence-corrected chi connectivity index (χ1v) is 4.78. The van der Waals surface area contributed by atoms with E-state index < -0.39 is 17.3 Å². The minimum Gasteiger partial charge on any atom is -0.504 e. The van der Waals surface area contributed by atoms with Crippen LogP contribution in [0.5, 0.6) is 17.2 Å². The van der Waals surface area contributed by atoms with E-state index >= 15 is 0 Å². The summed E-state index contributed by atoms with van der Waals surface area (Å²) in [4.78, 5) is 20.7. The highest BCUT2D eigenvalue weighted by atomic mass is 16.3. The number of hydrogen-bond donors (Lipinski definition) is 4. The van der Waals surface area contributed by atoms with Crippen molar-refractivity contribution in [3.05, 3.63) is 42.2 Å². The normalized spacial score (nSPS) is 13.7. The molecule has 1 aromatic carbocycles. The van der Waals surface area contributed by atoms with Gasteiger partial charge in [0.15, 0.2) is 28.8 Å². The van der Waals surface area contributed by atoms with Gasteiger partial charge in [-0.2, -0.15) is 0 Å². The van der Waals surface area contributed by atoms with Crippen LogP contribution in [0.3, 0.4) is 0 Å². The van der Waals surface area contributed by atoms with Crippen molar-refractivity contribution in [3.63, 3.8) is 0 Å². The van der Waals surface area contributed by atoms with Crippen LogP contribution in [-0.4, -0.2) is 32.0 Å². The van der Waals surface area contributed by atoms with Gasteiger partial charge in [0.1, 0.15) is 0 Å². The molecule has 0 radical (unpaired) electrons. The zero-order chi connectivity index (χ0) is 13.7. The van der Waals surface area contributed by atoms with Gasteiger partial charge in [0.2, 0.25) is 5.78 Å². The van der Waals surface area contributed by atoms with E-state index in [0.717, 1.165) is 18.2 Å². The molecule has 1 aliphatic rings. The summed E-state index contributed by atoms with van der Waals surface area (Å²) < 4.78 is 0. The van der Waals surface area contributed by atoms with Crippen LogP contribution in [-0.2, 0) is 9.59 Å². The molecular formula is C12H10O6. The number of hydrogen-bond acceptors (Lipinski definition) is 6. The first kappa shape index (κ1) is 13.3. The van der Waals surface area contributed by atoms with E-state index in [0.29, 0.717) is 0 Å². The topological polar surface area (TPSA) is 115 Å². The van der Waals surface area contributed by atoms with Crippen molar-refractivity contribution in [2.45, 2.75) is 0 Å². The number of phenolic OH excluding ortho intramolecular Hbond substituents is 3. The van der Waals surface area contributed by atoms with Crippen LogP contribution in [0.4, 0.5) is 0 Å². The summed E-state index contributed by atoms with van der Waals surface area (Å²) >= 11 is 0. The van der Waals surface area contributed by atoms with Gasteiger partial charge in [0.05, 0.1) is 0 Å². The van der Waals surface area contributed by atoms with Crippen LogP contribution < -0.4 is 0 Å². The lowest BCUT2D eigenvalue weighted by Crippen LogP contribution is -2.05. The number of rotatable bonds is 0. The molecule has 0 heterocycles. The highest BCUT2D eigenvalue weighted by Crippen LogP contribution is 2.32. The van der Waals surface area contributed by atoms with Crippen molar-refractivity contribution in [2.24, 2.45) is 0 Å². The van der Waals surface area contributed by atoms with Gasteiger partial charge in [-0.3, -0.25) is 9.59 Å². The molecule has 6 heteroatoms. The Morgan fingerprint density at radius 1 is 0.833 bits per heavy atom. The molecule has 0 aliphatic heterocycles. The number of allylic oxidation sites excluding steroid dienone is 3. The maximum Gasteiger partial charge on any atom is 0.220 e. The fraction of sp³-hybridized carbons (Fsp3) is 0. The van der Waals surface area contributed by atoms with Crippen LogP contribution in [0.2, 0.25) is 0 Å². The Morgan fingerprint density at radius 2 is 1.39 bits per heavy atom. The van der Waals surface area contributed by atoms with Gasteiger partial charge >= 0.3 is 0 Å². The highest BCUT2D eigenvalue weighted by Gasteiger charge is 2.09. The lowest BCUT2D eigenvalue weighted by molar-refractivity contribution is -0.116. The molecule has 1 aliphatic carbocycles. The second-order valence-corrected chi connectivity index (χ2v) is 3.27. The predicted molar refractivity (Wildman–Crippen MR) is 61.3 cm³/mol. The Kier molecular flexibility index (Phi) is 4.09. The fourth-order valence-electron chi connectivity index (χ4n) is 1.02. The summed E-state index contributed by atoms with van der Waals surface area (Å²) in [6.45, 7) is 0. The van der Waals surface area contributed by atoms with Gasteiger partial charge in [-0.05, 0) is 24.3 Å². The molecule has 0 bridgehead atoms. The summed E-state index contributed by atoms with van der Waals surface area (Å²) in [5, 5.41) is 34.7. The van der Waals surface area contributed by atoms with Gasteiger partial charge < -0.3 is 20.4 Å². The SMILES string of the molecule is O=C1C=CC(=O)C(O)=C1.Oc1cccc(O)c1O. The Hall–Kier alpha value is -2.76. The summed E-state index contributed by atoms with van der Waals surface area (Å²) in [5.41, 5.74) is 0. The average Bonchev–Trinajstić information content (AvgIpc) is 2.32. The third-order valence-corrected chi connectivity index (χ3v) is 1.92. The third-order valence-electron chi connectivity index (χ3n) is 1.92. The van der Waals surface area contributed by atoms with E-state index in [2.05, 4.69) is 0 Å². The van der Waals surface area contributed by atoms with E-state index in [1.54, 1.807) is 0 Å². The molecule has 0 saturated carbocycles. The number of benzene rings is 1. The minimum atomic E-state index is -0.519. The van der Waals surface area contributed by atoms with Gasteiger partial charge in [0, 0.05) is 6.08 Å². The molecule has 94 valence electrons. The van der Waals surface area contributed by atoms with Crippen LogP contribution in [0, 0.1) is 0 Å². The molecule has 4 N–H and O–H groups in total. The fourth-order valence-corrected chi connectivity index (χ4v) is 1.02. The first-order valence-electron chi connectivity index (χ1n) is 4.78. The number of carbonyl (C=O) groups is 2. The molecule has 18 heavy (non-hydrogen) atoms. The largest absolute Gasteiger partial charge is 0.504 e. The van der Waals surface area contributed by atoms with Crippen molar-refractivity contribution in [1.29, 1.82) is 0 Å². The Balaban J connectivity index is 0.000000180. The Morgan fingerprint density at radius 3 is 1.78 bits per heavy atom. The number of aliphatic hydroxyl groups excluding tert-OH is 1. The Labute approximate surface area is 102 Å². The maximum atomic E-state index is 10.4. The molecule has 0 spiro atoms. The molecule has 0 aromatic heterocycles. The monoisotopic (exact) mass is 250 g/mol. The van der Waals surface area contributed by atoms with Crippen molar-refractivity contribution in [3.8, 4) is 17.2 Å². The molecule has 2 rings (SSSR count). The summed E-state index contributed by atoms with van der Waals surface area (Å²) in [6, 6.07) is 4.01. The second kappa shape index (κ2) is 5.53. The van der Waals surface area contributed by atoms with Gasteiger partial charge in [-0.15, -0.1) is 0 Å². The van der Waals surface area contributed by atoms with Crippen LogP contribution in [0.15, 0.2) is 42.2 Å². The predicted octanol–water partition coefficient (Wildman–Crippen LogP) is 0.940. The van der Waals surface area contributed by atoms with Crippen LogP contribution >= 0.6 is 0 Å². The summed E-state index contributed by atoms with van der Waals surface area (Å²) in [7, 11) is 0. The van der Waals surface area contributed by atoms with Crippen molar-refractivity contribution in [1.82, 2.24) is 0 Å². The van der Waals surface area contributed by atoms with E-state index in [9.17, 15) is 9.59 Å². The van der Waals surface area contributed by atoms with Gasteiger partial charge in [0.25, 0.3) is 0 Å². The van der Waals surface area contributed by atoms with Gasteiger partial charge in [-0.25, -0.2) is 0 Å².